The van der Waals surface area contributed by atoms with Crippen LogP contribution in [-0.2, 0) is 43.2 Å². The first kappa shape index (κ1) is 44.2. The zero-order chi connectivity index (χ0) is 39.0. The number of likely N-dealkylation sites (tertiary alicyclic amines) is 1. The monoisotopic (exact) mass is 725 g/mol. The van der Waals surface area contributed by atoms with E-state index in [1.807, 2.05) is 13.8 Å². The van der Waals surface area contributed by atoms with Crippen LogP contribution in [0.2, 0.25) is 0 Å². The molecule has 0 bridgehead atoms. The van der Waals surface area contributed by atoms with E-state index in [-0.39, 0.29) is 31.7 Å². The summed E-state index contributed by atoms with van der Waals surface area (Å²) in [6, 6.07) is -5.64. The fourth-order valence-corrected chi connectivity index (χ4v) is 5.33. The zero-order valence-electron chi connectivity index (χ0n) is 30.2. The molecule has 5 atom stereocenters. The third-order valence-electron chi connectivity index (χ3n) is 8.06. The van der Waals surface area contributed by atoms with Crippen molar-refractivity contribution in [2.24, 2.45) is 29.2 Å². The van der Waals surface area contributed by atoms with Crippen molar-refractivity contribution in [2.45, 2.75) is 104 Å². The molecule has 19 heteroatoms. The topological polar surface area (TPSA) is 301 Å². The number of amides is 8. The normalized spacial score (nSPS) is 16.4. The van der Waals surface area contributed by atoms with Crippen molar-refractivity contribution in [2.75, 3.05) is 26.2 Å². The van der Waals surface area contributed by atoms with Crippen LogP contribution in [0.1, 0.15) is 73.6 Å². The molecule has 1 aliphatic heterocycles. The van der Waals surface area contributed by atoms with Crippen molar-refractivity contribution < 1.29 is 48.3 Å². The number of nitrogens with two attached hydrogens (primary N) is 2. The summed E-state index contributed by atoms with van der Waals surface area (Å²) in [5.41, 5.74) is 10.8. The Labute approximate surface area is 297 Å². The van der Waals surface area contributed by atoms with Crippen LogP contribution in [0, 0.1) is 17.8 Å². The zero-order valence-corrected chi connectivity index (χ0v) is 30.2. The quantitative estimate of drug-likeness (QED) is 0.0568. The molecule has 288 valence electrons. The highest BCUT2D eigenvalue weighted by atomic mass is 16.4. The van der Waals surface area contributed by atoms with E-state index in [9.17, 15) is 43.2 Å². The maximum absolute atomic E-state index is 13.6. The van der Waals surface area contributed by atoms with Gasteiger partial charge in [-0.2, -0.15) is 0 Å². The maximum atomic E-state index is 13.6. The van der Waals surface area contributed by atoms with Crippen molar-refractivity contribution in [3.63, 3.8) is 0 Å². The molecule has 51 heavy (non-hydrogen) atoms. The Balaban J connectivity index is 3.12. The molecule has 11 N–H and O–H groups in total. The van der Waals surface area contributed by atoms with Crippen LogP contribution < -0.4 is 43.4 Å². The molecule has 0 radical (unpaired) electrons. The lowest BCUT2D eigenvalue weighted by atomic mass is 9.98. The number of hydrogen-bond acceptors (Lipinski definition) is 10. The third-order valence-corrected chi connectivity index (χ3v) is 8.06. The number of aliphatic carboxylic acids is 1. The van der Waals surface area contributed by atoms with Gasteiger partial charge in [0.2, 0.25) is 47.3 Å². The minimum Gasteiger partial charge on any atom is -0.480 e. The summed E-state index contributed by atoms with van der Waals surface area (Å²) in [6.45, 7) is 9.11. The van der Waals surface area contributed by atoms with E-state index < -0.39 is 108 Å². The SMILES string of the molecule is CC(C)C[C@@H](NC(=O)[C@@H](NC(=O)[C@@H](CCC(N)=O)NC(=O)[C@H]1CCCN1C(=O)CN)C(C)C)C(=O)N[C@@H](C(=O)NCC(=O)NCC(=O)O)C(C)C. The van der Waals surface area contributed by atoms with Crippen LogP contribution in [0.4, 0.5) is 0 Å². The number of carbonyl (C=O) groups is 9. The summed E-state index contributed by atoms with van der Waals surface area (Å²) in [7, 11) is 0. The molecule has 1 fully saturated rings. The maximum Gasteiger partial charge on any atom is 0.322 e. The molecular weight excluding hydrogens is 670 g/mol. The molecule has 0 aromatic carbocycles. The fraction of sp³-hybridized carbons (Fsp3) is 0.719. The lowest BCUT2D eigenvalue weighted by molar-refractivity contribution is -0.139. The summed E-state index contributed by atoms with van der Waals surface area (Å²) in [5.74, 6) is -7.77. The lowest BCUT2D eigenvalue weighted by Crippen LogP contribution is -2.60. The average Bonchev–Trinajstić information content (AvgIpc) is 3.54. The molecule has 0 aliphatic carbocycles. The van der Waals surface area contributed by atoms with Gasteiger partial charge in [-0.25, -0.2) is 0 Å². The summed E-state index contributed by atoms with van der Waals surface area (Å²) >= 11 is 0. The molecule has 1 rings (SSSR count). The average molecular weight is 726 g/mol. The van der Waals surface area contributed by atoms with Crippen molar-refractivity contribution in [3.8, 4) is 0 Å². The van der Waals surface area contributed by atoms with E-state index in [0.717, 1.165) is 0 Å². The van der Waals surface area contributed by atoms with Gasteiger partial charge in [0.25, 0.3) is 0 Å². The van der Waals surface area contributed by atoms with E-state index in [2.05, 4.69) is 31.9 Å². The second-order valence-corrected chi connectivity index (χ2v) is 13.6. The lowest BCUT2D eigenvalue weighted by Gasteiger charge is -2.30. The molecule has 0 aromatic rings. The van der Waals surface area contributed by atoms with Crippen LogP contribution in [-0.4, -0.2) is 120 Å². The molecule has 0 aromatic heterocycles. The number of rotatable bonds is 21. The van der Waals surface area contributed by atoms with Gasteiger partial charge >= 0.3 is 5.97 Å². The van der Waals surface area contributed by atoms with Gasteiger partial charge in [0.05, 0.1) is 13.1 Å². The van der Waals surface area contributed by atoms with Gasteiger partial charge in [0, 0.05) is 13.0 Å². The second kappa shape index (κ2) is 21.4. The highest BCUT2D eigenvalue weighted by Crippen LogP contribution is 2.18. The Morgan fingerprint density at radius 3 is 1.82 bits per heavy atom. The Kier molecular flexibility index (Phi) is 18.6. The van der Waals surface area contributed by atoms with Crippen molar-refractivity contribution >= 4 is 53.2 Å². The second-order valence-electron chi connectivity index (χ2n) is 13.6. The minimum absolute atomic E-state index is 0.105. The smallest absolute Gasteiger partial charge is 0.322 e. The van der Waals surface area contributed by atoms with Crippen molar-refractivity contribution in [1.82, 2.24) is 36.8 Å². The number of carboxylic acid groups (broad SMARTS) is 1. The Hall–Kier alpha value is -4.81. The van der Waals surface area contributed by atoms with Gasteiger partial charge < -0.3 is 53.4 Å². The van der Waals surface area contributed by atoms with E-state index in [1.54, 1.807) is 27.7 Å². The molecule has 0 spiro atoms. The number of primary amides is 1. The van der Waals surface area contributed by atoms with Crippen LogP contribution in [0.5, 0.6) is 0 Å². The van der Waals surface area contributed by atoms with Gasteiger partial charge in [-0.1, -0.05) is 41.5 Å². The van der Waals surface area contributed by atoms with Gasteiger partial charge in [0.15, 0.2) is 0 Å². The summed E-state index contributed by atoms with van der Waals surface area (Å²) < 4.78 is 0. The van der Waals surface area contributed by atoms with Crippen LogP contribution in [0.25, 0.3) is 0 Å². The predicted molar refractivity (Wildman–Crippen MR) is 183 cm³/mol. The first-order valence-electron chi connectivity index (χ1n) is 17.0. The molecule has 1 aliphatic rings. The molecule has 19 nitrogen and oxygen atoms in total. The molecule has 8 amide bonds. The molecular formula is C32H55N9O10. The van der Waals surface area contributed by atoms with Crippen LogP contribution in [0.15, 0.2) is 0 Å². The number of hydrogen-bond donors (Lipinski definition) is 9. The third kappa shape index (κ3) is 15.3. The number of carbonyl (C=O) groups excluding carboxylic acids is 8. The Morgan fingerprint density at radius 2 is 1.31 bits per heavy atom. The summed E-state index contributed by atoms with van der Waals surface area (Å²) in [4.78, 5) is 114. The summed E-state index contributed by atoms with van der Waals surface area (Å²) in [6.07, 6.45) is 0.601. The molecule has 0 unspecified atom stereocenters. The van der Waals surface area contributed by atoms with E-state index in [0.29, 0.717) is 19.4 Å². The van der Waals surface area contributed by atoms with E-state index in [4.69, 9.17) is 16.6 Å². The van der Waals surface area contributed by atoms with Gasteiger partial charge in [-0.3, -0.25) is 43.2 Å². The van der Waals surface area contributed by atoms with Gasteiger partial charge in [0.1, 0.15) is 36.8 Å². The van der Waals surface area contributed by atoms with Crippen LogP contribution in [0.3, 0.4) is 0 Å². The number of nitrogens with one attached hydrogen (secondary N) is 6. The van der Waals surface area contributed by atoms with E-state index >= 15 is 0 Å². The number of carboxylic acids is 1. The Morgan fingerprint density at radius 1 is 0.745 bits per heavy atom. The first-order chi connectivity index (χ1) is 23.8. The van der Waals surface area contributed by atoms with Gasteiger partial charge in [-0.05, 0) is 43.4 Å². The van der Waals surface area contributed by atoms with E-state index in [1.165, 1.54) is 4.90 Å². The molecule has 1 heterocycles. The first-order valence-corrected chi connectivity index (χ1v) is 17.0. The highest BCUT2D eigenvalue weighted by molar-refractivity contribution is 5.97. The van der Waals surface area contributed by atoms with Crippen molar-refractivity contribution in [1.29, 1.82) is 0 Å². The summed E-state index contributed by atoms with van der Waals surface area (Å²) in [5, 5.41) is 23.6. The van der Waals surface area contributed by atoms with Crippen LogP contribution >= 0.6 is 0 Å². The highest BCUT2D eigenvalue weighted by Gasteiger charge is 2.37. The largest absolute Gasteiger partial charge is 0.480 e. The Bertz CT molecular complexity index is 1290. The number of nitrogens with zero attached hydrogens (tertiary/aromatic N) is 1. The molecule has 1 saturated heterocycles. The molecule has 0 saturated carbocycles. The van der Waals surface area contributed by atoms with Gasteiger partial charge in [-0.15, -0.1) is 0 Å². The predicted octanol–water partition coefficient (Wildman–Crippen LogP) is -3.18. The minimum atomic E-state index is -1.29. The standard InChI is InChI=1S/C32H55N9O10/c1-16(2)12-20(29(48)39-26(17(3)4)31(50)36-14-23(43)35-15-25(45)46)38-32(51)27(18(5)6)40-28(47)19(9-10-22(34)42)37-30(49)21-8-7-11-41(21)24(44)13-33/h16-21,26-27H,7-15,33H2,1-6H3,(H2,34,42)(H,35,43)(H,36,50)(H,37,49)(H,38,51)(H,39,48)(H,40,47)(H,45,46)/t19-,20-,21-,26-,27+/m1/s1. The fourth-order valence-electron chi connectivity index (χ4n) is 5.33. The van der Waals surface area contributed by atoms with Crippen molar-refractivity contribution in [3.05, 3.63) is 0 Å².